The van der Waals surface area contributed by atoms with Crippen molar-refractivity contribution in [2.45, 2.75) is 31.8 Å². The highest BCUT2D eigenvalue weighted by molar-refractivity contribution is 5.76. The van der Waals surface area contributed by atoms with E-state index < -0.39 is 0 Å². The van der Waals surface area contributed by atoms with Gasteiger partial charge in [0.2, 0.25) is 5.91 Å². The van der Waals surface area contributed by atoms with Gasteiger partial charge in [-0.05, 0) is 51.0 Å². The molecule has 2 aromatic rings. The first-order valence-electron chi connectivity index (χ1n) is 9.31. The lowest BCUT2D eigenvalue weighted by Crippen LogP contribution is -2.48. The van der Waals surface area contributed by atoms with E-state index in [0.29, 0.717) is 6.54 Å². The molecule has 0 bridgehead atoms. The predicted octanol–water partition coefficient (Wildman–Crippen LogP) is 2.01. The molecule has 1 amide bonds. The monoisotopic (exact) mass is 353 g/mol. The predicted molar refractivity (Wildman–Crippen MR) is 103 cm³/mol. The van der Waals surface area contributed by atoms with Crippen LogP contribution < -0.4 is 5.56 Å². The van der Waals surface area contributed by atoms with Crippen LogP contribution in [0, 0.1) is 0 Å². The normalized spacial score (nSPS) is 15.7. The average Bonchev–Trinajstić information content (AvgIpc) is 2.66. The number of aromatic nitrogens is 1. The van der Waals surface area contributed by atoms with Gasteiger partial charge in [-0.3, -0.25) is 9.59 Å². The van der Waals surface area contributed by atoms with Gasteiger partial charge >= 0.3 is 0 Å². The molecule has 1 aliphatic heterocycles. The maximum absolute atomic E-state index is 13.0. The van der Waals surface area contributed by atoms with Crippen LogP contribution in [0.3, 0.4) is 0 Å². The summed E-state index contributed by atoms with van der Waals surface area (Å²) in [6.45, 7) is 2.82. The Bertz CT molecular complexity index is 764. The summed E-state index contributed by atoms with van der Waals surface area (Å²) in [5.41, 5.74) is 1.10. The second-order valence-corrected chi connectivity index (χ2v) is 7.02. The molecule has 0 spiro atoms. The van der Waals surface area contributed by atoms with Gasteiger partial charge in [-0.2, -0.15) is 0 Å². The molecule has 2 heterocycles. The highest BCUT2D eigenvalue weighted by Crippen LogP contribution is 2.17. The molecule has 1 fully saturated rings. The van der Waals surface area contributed by atoms with Crippen molar-refractivity contribution in [1.82, 2.24) is 14.4 Å². The Kier molecular flexibility index (Phi) is 6.23. The molecule has 1 saturated heterocycles. The van der Waals surface area contributed by atoms with E-state index in [1.165, 1.54) is 16.2 Å². The Morgan fingerprint density at radius 3 is 2.46 bits per heavy atom. The Morgan fingerprint density at radius 2 is 1.77 bits per heavy atom. The topological polar surface area (TPSA) is 45.5 Å². The molecule has 26 heavy (non-hydrogen) atoms. The number of pyridine rings is 1. The van der Waals surface area contributed by atoms with Crippen LogP contribution in [0.1, 0.15) is 18.4 Å². The maximum atomic E-state index is 13.0. The van der Waals surface area contributed by atoms with Crippen molar-refractivity contribution in [2.75, 3.05) is 26.7 Å². The molecule has 1 aromatic carbocycles. The average molecular weight is 353 g/mol. The molecule has 0 atom stereocenters. The van der Waals surface area contributed by atoms with Crippen LogP contribution in [0.4, 0.5) is 0 Å². The second-order valence-electron chi connectivity index (χ2n) is 7.02. The van der Waals surface area contributed by atoms with Crippen molar-refractivity contribution in [1.29, 1.82) is 0 Å². The van der Waals surface area contributed by atoms with Gasteiger partial charge in [0.15, 0.2) is 0 Å². The molecular formula is C21H27N3O2. The van der Waals surface area contributed by atoms with Crippen LogP contribution in [0.5, 0.6) is 0 Å². The minimum atomic E-state index is -0.132. The third-order valence-electron chi connectivity index (χ3n) is 5.14. The van der Waals surface area contributed by atoms with E-state index >= 15 is 0 Å². The quantitative estimate of drug-likeness (QED) is 0.798. The zero-order valence-corrected chi connectivity index (χ0v) is 15.4. The molecule has 0 saturated carbocycles. The molecule has 3 rings (SSSR count). The molecule has 1 aliphatic rings. The van der Waals surface area contributed by atoms with Crippen LogP contribution >= 0.6 is 0 Å². The van der Waals surface area contributed by atoms with Crippen molar-refractivity contribution in [3.8, 4) is 0 Å². The van der Waals surface area contributed by atoms with Crippen molar-refractivity contribution >= 4 is 5.91 Å². The molecule has 5 heteroatoms. The molecule has 0 aliphatic carbocycles. The van der Waals surface area contributed by atoms with Crippen molar-refractivity contribution in [3.05, 3.63) is 70.6 Å². The highest BCUT2D eigenvalue weighted by atomic mass is 16.2. The summed E-state index contributed by atoms with van der Waals surface area (Å²) >= 11 is 0. The lowest BCUT2D eigenvalue weighted by molar-refractivity contribution is -0.135. The zero-order valence-electron chi connectivity index (χ0n) is 15.4. The minimum Gasteiger partial charge on any atom is -0.338 e. The lowest BCUT2D eigenvalue weighted by atomic mass is 10.0. The third-order valence-corrected chi connectivity index (χ3v) is 5.14. The zero-order chi connectivity index (χ0) is 18.4. The van der Waals surface area contributed by atoms with Crippen molar-refractivity contribution in [2.24, 2.45) is 0 Å². The fourth-order valence-electron chi connectivity index (χ4n) is 3.54. The maximum Gasteiger partial charge on any atom is 0.250 e. The van der Waals surface area contributed by atoms with Crippen LogP contribution in [-0.4, -0.2) is 53.0 Å². The summed E-state index contributed by atoms with van der Waals surface area (Å²) in [6, 6.07) is 15.5. The molecule has 5 nitrogen and oxygen atoms in total. The molecule has 0 unspecified atom stereocenters. The van der Waals surface area contributed by atoms with Gasteiger partial charge in [0, 0.05) is 24.8 Å². The summed E-state index contributed by atoms with van der Waals surface area (Å²) in [4.78, 5) is 29.3. The van der Waals surface area contributed by atoms with E-state index in [9.17, 15) is 9.59 Å². The van der Waals surface area contributed by atoms with Crippen molar-refractivity contribution < 1.29 is 4.79 Å². The first kappa shape index (κ1) is 18.4. The first-order valence-corrected chi connectivity index (χ1v) is 9.31. The summed E-state index contributed by atoms with van der Waals surface area (Å²) in [5, 5.41) is 0. The van der Waals surface area contributed by atoms with E-state index in [1.807, 2.05) is 23.1 Å². The number of carbonyl (C=O) groups is 1. The SMILES string of the molecule is CN1CCC(N(CCc2ccccc2)C(=O)Cn2ccccc2=O)CC1. The second kappa shape index (κ2) is 8.81. The molecular weight excluding hydrogens is 326 g/mol. The Labute approximate surface area is 154 Å². The number of piperidine rings is 1. The highest BCUT2D eigenvalue weighted by Gasteiger charge is 2.26. The Morgan fingerprint density at radius 1 is 1.08 bits per heavy atom. The van der Waals surface area contributed by atoms with E-state index in [2.05, 4.69) is 24.1 Å². The number of hydrogen-bond acceptors (Lipinski definition) is 3. The molecule has 138 valence electrons. The Balaban J connectivity index is 1.72. The van der Waals surface area contributed by atoms with Crippen LogP contribution in [0.15, 0.2) is 59.5 Å². The summed E-state index contributed by atoms with van der Waals surface area (Å²) in [7, 11) is 2.12. The third kappa shape index (κ3) is 4.82. The van der Waals surface area contributed by atoms with Crippen LogP contribution in [0.2, 0.25) is 0 Å². The fraction of sp³-hybridized carbons (Fsp3) is 0.429. The Hall–Kier alpha value is -2.40. The molecule has 1 aromatic heterocycles. The van der Waals surface area contributed by atoms with Gasteiger partial charge < -0.3 is 14.4 Å². The number of nitrogens with zero attached hydrogens (tertiary/aromatic N) is 3. The smallest absolute Gasteiger partial charge is 0.250 e. The van der Waals surface area contributed by atoms with E-state index in [0.717, 1.165) is 32.4 Å². The summed E-state index contributed by atoms with van der Waals surface area (Å²) < 4.78 is 1.49. The molecule has 0 N–H and O–H groups in total. The van der Waals surface area contributed by atoms with Crippen LogP contribution in [0.25, 0.3) is 0 Å². The van der Waals surface area contributed by atoms with Crippen LogP contribution in [-0.2, 0) is 17.8 Å². The van der Waals surface area contributed by atoms with Crippen molar-refractivity contribution in [3.63, 3.8) is 0 Å². The first-order chi connectivity index (χ1) is 12.6. The largest absolute Gasteiger partial charge is 0.338 e. The summed E-state index contributed by atoms with van der Waals surface area (Å²) in [5.74, 6) is 0.0313. The lowest BCUT2D eigenvalue weighted by Gasteiger charge is -2.37. The number of hydrogen-bond donors (Lipinski definition) is 0. The number of carbonyl (C=O) groups excluding carboxylic acids is 1. The van der Waals surface area contributed by atoms with Gasteiger partial charge in [-0.1, -0.05) is 36.4 Å². The van der Waals surface area contributed by atoms with E-state index in [1.54, 1.807) is 18.3 Å². The van der Waals surface area contributed by atoms with Gasteiger partial charge in [0.05, 0.1) is 0 Å². The summed E-state index contributed by atoms with van der Waals surface area (Å²) in [6.07, 6.45) is 4.49. The molecule has 0 radical (unpaired) electrons. The van der Waals surface area contributed by atoms with Gasteiger partial charge in [-0.15, -0.1) is 0 Å². The number of benzene rings is 1. The van der Waals surface area contributed by atoms with E-state index in [-0.39, 0.29) is 24.1 Å². The van der Waals surface area contributed by atoms with E-state index in [4.69, 9.17) is 0 Å². The number of amides is 1. The minimum absolute atomic E-state index is 0.0313. The number of likely N-dealkylation sites (tertiary alicyclic amines) is 1. The standard InChI is InChI=1S/C21H27N3O2/c1-22-14-11-19(12-15-22)24(16-10-18-7-3-2-4-8-18)21(26)17-23-13-6-5-9-20(23)25/h2-9,13,19H,10-12,14-17H2,1H3. The van der Waals surface area contributed by atoms with Gasteiger partial charge in [0.25, 0.3) is 5.56 Å². The van der Waals surface area contributed by atoms with Gasteiger partial charge in [-0.25, -0.2) is 0 Å². The fourth-order valence-corrected chi connectivity index (χ4v) is 3.54. The van der Waals surface area contributed by atoms with Gasteiger partial charge in [0.1, 0.15) is 6.54 Å². The number of rotatable bonds is 6.